The molecular weight excluding hydrogens is 260 g/mol. The van der Waals surface area contributed by atoms with Crippen molar-refractivity contribution in [2.75, 3.05) is 11.1 Å². The van der Waals surface area contributed by atoms with Gasteiger partial charge in [-0.2, -0.15) is 0 Å². The number of benzene rings is 1. The van der Waals surface area contributed by atoms with E-state index in [9.17, 15) is 0 Å². The van der Waals surface area contributed by atoms with Crippen LogP contribution in [0.5, 0.6) is 0 Å². The molecule has 0 spiro atoms. The molecule has 0 atom stereocenters. The van der Waals surface area contributed by atoms with Gasteiger partial charge in [-0.3, -0.25) is 0 Å². The monoisotopic (exact) mass is 284 g/mol. The number of nitrogens with zero attached hydrogens (tertiary/aromatic N) is 2. The van der Waals surface area contributed by atoms with Gasteiger partial charge in [0.1, 0.15) is 17.5 Å². The highest BCUT2D eigenvalue weighted by atomic mass is 15.1. The van der Waals surface area contributed by atoms with Crippen LogP contribution in [-0.2, 0) is 11.8 Å². The Balaban J connectivity index is 2.35. The average Bonchev–Trinajstić information content (AvgIpc) is 2.37. The summed E-state index contributed by atoms with van der Waals surface area (Å²) in [6.07, 6.45) is 1.84. The zero-order chi connectivity index (χ0) is 15.5. The lowest BCUT2D eigenvalue weighted by molar-refractivity contribution is 0.592. The van der Waals surface area contributed by atoms with Crippen LogP contribution in [0.25, 0.3) is 0 Å². The molecule has 0 unspecified atom stereocenters. The van der Waals surface area contributed by atoms with Gasteiger partial charge in [-0.15, -0.1) is 0 Å². The van der Waals surface area contributed by atoms with Gasteiger partial charge < -0.3 is 11.1 Å². The number of aromatic nitrogens is 2. The summed E-state index contributed by atoms with van der Waals surface area (Å²) in [5.41, 5.74) is 8.25. The van der Waals surface area contributed by atoms with Gasteiger partial charge in [0.05, 0.1) is 0 Å². The fraction of sp³-hybridized carbons (Fsp3) is 0.412. The number of nitrogens with two attached hydrogens (primary N) is 1. The minimum absolute atomic E-state index is 0.0639. The van der Waals surface area contributed by atoms with E-state index in [2.05, 4.69) is 61.2 Å². The van der Waals surface area contributed by atoms with Crippen molar-refractivity contribution < 1.29 is 0 Å². The van der Waals surface area contributed by atoms with Gasteiger partial charge in [-0.05, 0) is 23.5 Å². The Labute approximate surface area is 126 Å². The topological polar surface area (TPSA) is 63.8 Å². The Morgan fingerprint density at radius 1 is 1.14 bits per heavy atom. The number of nitrogen functional groups attached to an aromatic ring is 1. The molecule has 112 valence electrons. The Bertz CT molecular complexity index is 614. The Kier molecular flexibility index (Phi) is 4.46. The van der Waals surface area contributed by atoms with Crippen LogP contribution < -0.4 is 11.1 Å². The minimum atomic E-state index is 0.0639. The van der Waals surface area contributed by atoms with Crippen molar-refractivity contribution in [2.45, 2.75) is 46.0 Å². The highest BCUT2D eigenvalue weighted by molar-refractivity contribution is 5.63. The predicted octanol–water partition coefficient (Wildman–Crippen LogP) is 4.05. The maximum Gasteiger partial charge on any atom is 0.136 e. The summed E-state index contributed by atoms with van der Waals surface area (Å²) < 4.78 is 0. The number of para-hydroxylation sites is 1. The van der Waals surface area contributed by atoms with Crippen molar-refractivity contribution >= 4 is 17.3 Å². The number of nitrogens with one attached hydrogen (secondary N) is 1. The van der Waals surface area contributed by atoms with Crippen LogP contribution in [0.15, 0.2) is 30.3 Å². The zero-order valence-electron chi connectivity index (χ0n) is 13.3. The third-order valence-electron chi connectivity index (χ3n) is 3.26. The van der Waals surface area contributed by atoms with Crippen LogP contribution in [-0.4, -0.2) is 9.97 Å². The second kappa shape index (κ2) is 6.12. The van der Waals surface area contributed by atoms with Crippen molar-refractivity contribution in [1.29, 1.82) is 0 Å². The van der Waals surface area contributed by atoms with E-state index in [0.717, 1.165) is 30.2 Å². The van der Waals surface area contributed by atoms with Gasteiger partial charge in [-0.1, -0.05) is 45.9 Å². The first-order chi connectivity index (χ1) is 9.90. The number of rotatable bonds is 4. The van der Waals surface area contributed by atoms with E-state index < -0.39 is 0 Å². The van der Waals surface area contributed by atoms with Gasteiger partial charge in [-0.25, -0.2) is 9.97 Å². The molecule has 0 saturated carbocycles. The van der Waals surface area contributed by atoms with Crippen molar-refractivity contribution in [3.05, 3.63) is 41.7 Å². The first-order valence-corrected chi connectivity index (χ1v) is 7.40. The Hall–Kier alpha value is -2.10. The molecule has 0 aliphatic carbocycles. The molecule has 4 heteroatoms. The highest BCUT2D eigenvalue weighted by Crippen LogP contribution is 2.31. The normalized spacial score (nSPS) is 11.4. The summed E-state index contributed by atoms with van der Waals surface area (Å²) in [5, 5.41) is 3.39. The lowest BCUT2D eigenvalue weighted by Gasteiger charge is -2.23. The molecule has 1 aromatic heterocycles. The van der Waals surface area contributed by atoms with Gasteiger partial charge in [0.15, 0.2) is 0 Å². The fourth-order valence-corrected chi connectivity index (χ4v) is 2.30. The summed E-state index contributed by atoms with van der Waals surface area (Å²) in [6.45, 7) is 8.70. The van der Waals surface area contributed by atoms with E-state index in [0.29, 0.717) is 5.82 Å². The van der Waals surface area contributed by atoms with Crippen molar-refractivity contribution in [1.82, 2.24) is 9.97 Å². The second-order valence-corrected chi connectivity index (χ2v) is 6.26. The van der Waals surface area contributed by atoms with E-state index in [1.807, 2.05) is 6.07 Å². The standard InChI is InChI=1S/C17H24N4/c1-5-8-15-20-14(18)11-16(21-15)19-13-10-7-6-9-12(13)17(2,3)4/h6-7,9-11H,5,8H2,1-4H3,(H3,18,19,20,21). The molecule has 2 rings (SSSR count). The molecule has 0 aliphatic heterocycles. The molecule has 1 heterocycles. The zero-order valence-corrected chi connectivity index (χ0v) is 13.3. The SMILES string of the molecule is CCCc1nc(N)cc(Nc2ccccc2C(C)(C)C)n1. The lowest BCUT2D eigenvalue weighted by atomic mass is 9.86. The van der Waals surface area contributed by atoms with Gasteiger partial charge in [0, 0.05) is 18.2 Å². The molecule has 21 heavy (non-hydrogen) atoms. The third-order valence-corrected chi connectivity index (χ3v) is 3.26. The molecular formula is C17H24N4. The minimum Gasteiger partial charge on any atom is -0.384 e. The summed E-state index contributed by atoms with van der Waals surface area (Å²) in [6, 6.07) is 10.1. The molecule has 0 amide bonds. The summed E-state index contributed by atoms with van der Waals surface area (Å²) in [7, 11) is 0. The van der Waals surface area contributed by atoms with Crippen LogP contribution in [0.2, 0.25) is 0 Å². The summed E-state index contributed by atoms with van der Waals surface area (Å²) >= 11 is 0. The number of aryl methyl sites for hydroxylation is 1. The van der Waals surface area contributed by atoms with E-state index in [1.54, 1.807) is 6.07 Å². The Morgan fingerprint density at radius 2 is 1.86 bits per heavy atom. The predicted molar refractivity (Wildman–Crippen MR) is 88.9 cm³/mol. The number of anilines is 3. The average molecular weight is 284 g/mol. The van der Waals surface area contributed by atoms with Crippen LogP contribution >= 0.6 is 0 Å². The van der Waals surface area contributed by atoms with Crippen molar-refractivity contribution in [2.24, 2.45) is 0 Å². The molecule has 3 N–H and O–H groups in total. The number of hydrogen-bond acceptors (Lipinski definition) is 4. The van der Waals surface area contributed by atoms with E-state index in [-0.39, 0.29) is 5.41 Å². The maximum atomic E-state index is 5.88. The first kappa shape index (κ1) is 15.3. The lowest BCUT2D eigenvalue weighted by Crippen LogP contribution is -2.14. The van der Waals surface area contributed by atoms with Gasteiger partial charge in [0.2, 0.25) is 0 Å². The van der Waals surface area contributed by atoms with Crippen molar-refractivity contribution in [3.63, 3.8) is 0 Å². The molecule has 2 aromatic rings. The maximum absolute atomic E-state index is 5.88. The van der Waals surface area contributed by atoms with Gasteiger partial charge >= 0.3 is 0 Å². The third kappa shape index (κ3) is 3.94. The number of hydrogen-bond donors (Lipinski definition) is 2. The fourth-order valence-electron chi connectivity index (χ4n) is 2.30. The quantitative estimate of drug-likeness (QED) is 0.889. The van der Waals surface area contributed by atoms with E-state index >= 15 is 0 Å². The van der Waals surface area contributed by atoms with Crippen LogP contribution in [0.3, 0.4) is 0 Å². The smallest absolute Gasteiger partial charge is 0.136 e. The molecule has 0 fully saturated rings. The first-order valence-electron chi connectivity index (χ1n) is 7.40. The highest BCUT2D eigenvalue weighted by Gasteiger charge is 2.17. The van der Waals surface area contributed by atoms with Crippen LogP contribution in [0.4, 0.5) is 17.3 Å². The largest absolute Gasteiger partial charge is 0.384 e. The molecule has 4 nitrogen and oxygen atoms in total. The van der Waals surface area contributed by atoms with Gasteiger partial charge in [0.25, 0.3) is 0 Å². The Morgan fingerprint density at radius 3 is 2.52 bits per heavy atom. The van der Waals surface area contributed by atoms with Crippen LogP contribution in [0.1, 0.15) is 45.5 Å². The molecule has 0 aliphatic rings. The second-order valence-electron chi connectivity index (χ2n) is 6.26. The molecule has 0 saturated heterocycles. The van der Waals surface area contributed by atoms with Crippen LogP contribution in [0, 0.1) is 0 Å². The summed E-state index contributed by atoms with van der Waals surface area (Å²) in [4.78, 5) is 8.80. The summed E-state index contributed by atoms with van der Waals surface area (Å²) in [5.74, 6) is 2.04. The van der Waals surface area contributed by atoms with Crippen molar-refractivity contribution in [3.8, 4) is 0 Å². The molecule has 1 aromatic carbocycles. The molecule has 0 bridgehead atoms. The van der Waals surface area contributed by atoms with E-state index in [4.69, 9.17) is 5.73 Å². The molecule has 0 radical (unpaired) electrons. The van der Waals surface area contributed by atoms with E-state index in [1.165, 1.54) is 5.56 Å².